The zero-order chi connectivity index (χ0) is 11.5. The standard InChI is InChI=1S/C10H10N4O2/c11-5-10-12-6-9(13-10)7-2-1-3-8(4-7)14(15)16/h1-4,6H,5,11H2,(H,12,13). The molecule has 3 N–H and O–H groups in total. The van der Waals surface area contributed by atoms with Crippen LogP contribution in [0.5, 0.6) is 0 Å². The number of hydrogen-bond donors (Lipinski definition) is 2. The molecule has 0 aliphatic heterocycles. The Balaban J connectivity index is 2.40. The summed E-state index contributed by atoms with van der Waals surface area (Å²) in [5.74, 6) is 0.654. The molecule has 2 aromatic rings. The number of aromatic amines is 1. The quantitative estimate of drug-likeness (QED) is 0.601. The number of hydrogen-bond acceptors (Lipinski definition) is 4. The first-order chi connectivity index (χ1) is 7.70. The summed E-state index contributed by atoms with van der Waals surface area (Å²) in [5, 5.41) is 10.6. The van der Waals surface area contributed by atoms with Crippen molar-refractivity contribution in [1.82, 2.24) is 9.97 Å². The van der Waals surface area contributed by atoms with Crippen molar-refractivity contribution in [3.8, 4) is 11.3 Å². The summed E-state index contributed by atoms with van der Waals surface area (Å²) in [4.78, 5) is 17.2. The molecule has 0 aliphatic carbocycles. The number of non-ortho nitro benzene ring substituents is 1. The highest BCUT2D eigenvalue weighted by molar-refractivity contribution is 5.61. The number of imidazole rings is 1. The molecule has 2 rings (SSSR count). The third-order valence-corrected chi connectivity index (χ3v) is 2.19. The normalized spacial score (nSPS) is 10.3. The molecule has 0 saturated carbocycles. The van der Waals surface area contributed by atoms with E-state index in [0.717, 1.165) is 11.3 Å². The molecular weight excluding hydrogens is 208 g/mol. The van der Waals surface area contributed by atoms with Crippen LogP contribution < -0.4 is 5.73 Å². The summed E-state index contributed by atoms with van der Waals surface area (Å²) in [7, 11) is 0. The summed E-state index contributed by atoms with van der Waals surface area (Å²) in [5.41, 5.74) is 6.92. The molecule has 0 radical (unpaired) electrons. The Kier molecular flexibility index (Phi) is 2.65. The van der Waals surface area contributed by atoms with Crippen LogP contribution in [0.25, 0.3) is 11.3 Å². The largest absolute Gasteiger partial charge is 0.341 e. The Morgan fingerprint density at radius 1 is 1.50 bits per heavy atom. The predicted molar refractivity (Wildman–Crippen MR) is 58.6 cm³/mol. The minimum absolute atomic E-state index is 0.0569. The van der Waals surface area contributed by atoms with Crippen LogP contribution in [0.1, 0.15) is 5.82 Å². The van der Waals surface area contributed by atoms with Gasteiger partial charge in [-0.1, -0.05) is 12.1 Å². The zero-order valence-corrected chi connectivity index (χ0v) is 8.38. The van der Waals surface area contributed by atoms with Gasteiger partial charge < -0.3 is 10.7 Å². The first-order valence-corrected chi connectivity index (χ1v) is 4.69. The van der Waals surface area contributed by atoms with Gasteiger partial charge in [0.05, 0.1) is 23.4 Å². The van der Waals surface area contributed by atoms with E-state index in [1.807, 2.05) is 0 Å². The van der Waals surface area contributed by atoms with E-state index in [0.29, 0.717) is 12.4 Å². The number of H-pyrrole nitrogens is 1. The fourth-order valence-electron chi connectivity index (χ4n) is 1.40. The third kappa shape index (κ3) is 1.91. The Bertz CT molecular complexity index is 521. The number of rotatable bonds is 3. The molecule has 6 heteroatoms. The minimum atomic E-state index is -0.427. The molecule has 1 aromatic carbocycles. The van der Waals surface area contributed by atoms with Crippen LogP contribution >= 0.6 is 0 Å². The van der Waals surface area contributed by atoms with Gasteiger partial charge in [0.2, 0.25) is 0 Å². The third-order valence-electron chi connectivity index (χ3n) is 2.19. The van der Waals surface area contributed by atoms with Crippen molar-refractivity contribution in [3.63, 3.8) is 0 Å². The lowest BCUT2D eigenvalue weighted by atomic mass is 10.1. The van der Waals surface area contributed by atoms with Gasteiger partial charge in [0.25, 0.3) is 5.69 Å². The van der Waals surface area contributed by atoms with Gasteiger partial charge in [-0.05, 0) is 0 Å². The van der Waals surface area contributed by atoms with Gasteiger partial charge in [-0.15, -0.1) is 0 Å². The summed E-state index contributed by atoms with van der Waals surface area (Å²) >= 11 is 0. The van der Waals surface area contributed by atoms with Gasteiger partial charge in [-0.25, -0.2) is 4.98 Å². The van der Waals surface area contributed by atoms with Gasteiger partial charge in [-0.2, -0.15) is 0 Å². The van der Waals surface area contributed by atoms with E-state index in [1.165, 1.54) is 12.1 Å². The van der Waals surface area contributed by atoms with Crippen LogP contribution in [-0.2, 0) is 6.54 Å². The maximum absolute atomic E-state index is 10.6. The van der Waals surface area contributed by atoms with Crippen molar-refractivity contribution < 1.29 is 4.92 Å². The molecule has 0 amide bonds. The maximum atomic E-state index is 10.6. The van der Waals surface area contributed by atoms with E-state index in [-0.39, 0.29) is 5.69 Å². The van der Waals surface area contributed by atoms with E-state index in [4.69, 9.17) is 5.73 Å². The van der Waals surface area contributed by atoms with Crippen LogP contribution in [0.2, 0.25) is 0 Å². The highest BCUT2D eigenvalue weighted by Crippen LogP contribution is 2.21. The van der Waals surface area contributed by atoms with Crippen LogP contribution in [-0.4, -0.2) is 14.9 Å². The molecule has 0 fully saturated rings. The van der Waals surface area contributed by atoms with Crippen molar-refractivity contribution >= 4 is 5.69 Å². The molecule has 0 atom stereocenters. The van der Waals surface area contributed by atoms with E-state index in [9.17, 15) is 10.1 Å². The Morgan fingerprint density at radius 3 is 2.94 bits per heavy atom. The SMILES string of the molecule is NCc1ncc(-c2cccc([N+](=O)[O-])c2)[nH]1. The van der Waals surface area contributed by atoms with Crippen molar-refractivity contribution in [2.75, 3.05) is 0 Å². The smallest absolute Gasteiger partial charge is 0.270 e. The van der Waals surface area contributed by atoms with E-state index in [1.54, 1.807) is 18.3 Å². The second kappa shape index (κ2) is 4.11. The van der Waals surface area contributed by atoms with E-state index in [2.05, 4.69) is 9.97 Å². The number of benzene rings is 1. The first kappa shape index (κ1) is 10.3. The number of nitrogens with two attached hydrogens (primary N) is 1. The molecule has 0 aliphatic rings. The number of aromatic nitrogens is 2. The van der Waals surface area contributed by atoms with E-state index < -0.39 is 4.92 Å². The van der Waals surface area contributed by atoms with Gasteiger partial charge in [0.15, 0.2) is 0 Å². The average molecular weight is 218 g/mol. The average Bonchev–Trinajstić information content (AvgIpc) is 2.77. The molecule has 1 aromatic heterocycles. The van der Waals surface area contributed by atoms with Gasteiger partial charge in [0, 0.05) is 17.7 Å². The Hall–Kier alpha value is -2.21. The van der Waals surface area contributed by atoms with E-state index >= 15 is 0 Å². The monoisotopic (exact) mass is 218 g/mol. The van der Waals surface area contributed by atoms with Crippen LogP contribution in [0.4, 0.5) is 5.69 Å². The lowest BCUT2D eigenvalue weighted by Gasteiger charge is -1.97. The Morgan fingerprint density at radius 2 is 2.31 bits per heavy atom. The number of nitro groups is 1. The second-order valence-corrected chi connectivity index (χ2v) is 3.26. The van der Waals surface area contributed by atoms with Crippen molar-refractivity contribution in [2.24, 2.45) is 5.73 Å². The van der Waals surface area contributed by atoms with Gasteiger partial charge in [-0.3, -0.25) is 10.1 Å². The fourth-order valence-corrected chi connectivity index (χ4v) is 1.40. The molecular formula is C10H10N4O2. The number of nitro benzene ring substituents is 1. The lowest BCUT2D eigenvalue weighted by molar-refractivity contribution is -0.384. The highest BCUT2D eigenvalue weighted by Gasteiger charge is 2.08. The zero-order valence-electron chi connectivity index (χ0n) is 8.38. The van der Waals surface area contributed by atoms with Crippen LogP contribution in [0.3, 0.4) is 0 Å². The Labute approximate surface area is 91.3 Å². The molecule has 6 nitrogen and oxygen atoms in total. The molecule has 1 heterocycles. The van der Waals surface area contributed by atoms with Crippen molar-refractivity contribution in [1.29, 1.82) is 0 Å². The van der Waals surface area contributed by atoms with Crippen molar-refractivity contribution in [2.45, 2.75) is 6.54 Å². The fraction of sp³-hybridized carbons (Fsp3) is 0.100. The van der Waals surface area contributed by atoms with Crippen LogP contribution in [0, 0.1) is 10.1 Å². The molecule has 0 spiro atoms. The molecule has 0 saturated heterocycles. The van der Waals surface area contributed by atoms with Gasteiger partial charge in [0.1, 0.15) is 5.82 Å². The molecule has 16 heavy (non-hydrogen) atoms. The highest BCUT2D eigenvalue weighted by atomic mass is 16.6. The molecule has 0 bridgehead atoms. The summed E-state index contributed by atoms with van der Waals surface area (Å²) in [6, 6.07) is 6.36. The maximum Gasteiger partial charge on any atom is 0.270 e. The van der Waals surface area contributed by atoms with Crippen LogP contribution in [0.15, 0.2) is 30.5 Å². The topological polar surface area (TPSA) is 97.8 Å². The summed E-state index contributed by atoms with van der Waals surface area (Å²) in [6.07, 6.45) is 1.61. The predicted octanol–water partition coefficient (Wildman–Crippen LogP) is 1.44. The summed E-state index contributed by atoms with van der Waals surface area (Å²) < 4.78 is 0. The lowest BCUT2D eigenvalue weighted by Crippen LogP contribution is -1.97. The minimum Gasteiger partial charge on any atom is -0.341 e. The number of nitrogens with zero attached hydrogens (tertiary/aromatic N) is 2. The molecule has 0 unspecified atom stereocenters. The van der Waals surface area contributed by atoms with Crippen molar-refractivity contribution in [3.05, 3.63) is 46.4 Å². The number of nitrogens with one attached hydrogen (secondary N) is 1. The second-order valence-electron chi connectivity index (χ2n) is 3.26. The first-order valence-electron chi connectivity index (χ1n) is 4.69. The summed E-state index contributed by atoms with van der Waals surface area (Å²) in [6.45, 7) is 0.314. The molecule has 82 valence electrons. The van der Waals surface area contributed by atoms with Gasteiger partial charge >= 0.3 is 0 Å².